The minimum absolute atomic E-state index is 0.0513. The Balaban J connectivity index is 1.45. The average molecular weight is 411 g/mol. The molecule has 0 fully saturated rings. The maximum absolute atomic E-state index is 11.5. The SMILES string of the molecule is CC(=O)Nc1ccc2c(c1)C1C=CCC1C(c1ccccc1OCc1ccccc1)N2. The molecule has 3 unspecified atom stereocenters. The van der Waals surface area contributed by atoms with Crippen molar-refractivity contribution >= 4 is 17.3 Å². The van der Waals surface area contributed by atoms with Gasteiger partial charge in [-0.2, -0.15) is 0 Å². The molecule has 0 bridgehead atoms. The molecule has 3 atom stereocenters. The van der Waals surface area contributed by atoms with Gasteiger partial charge < -0.3 is 15.4 Å². The summed E-state index contributed by atoms with van der Waals surface area (Å²) in [6, 6.07) is 24.9. The summed E-state index contributed by atoms with van der Waals surface area (Å²) in [6.07, 6.45) is 5.60. The first kappa shape index (κ1) is 19.4. The molecule has 1 aliphatic heterocycles. The van der Waals surface area contributed by atoms with Gasteiger partial charge in [-0.3, -0.25) is 4.79 Å². The Morgan fingerprint density at radius 1 is 1.03 bits per heavy atom. The fourth-order valence-corrected chi connectivity index (χ4v) is 4.79. The van der Waals surface area contributed by atoms with E-state index in [9.17, 15) is 4.79 Å². The largest absolute Gasteiger partial charge is 0.489 e. The summed E-state index contributed by atoms with van der Waals surface area (Å²) in [4.78, 5) is 11.5. The van der Waals surface area contributed by atoms with Gasteiger partial charge in [0.05, 0.1) is 6.04 Å². The Bertz CT molecular complexity index is 1120. The predicted molar refractivity (Wildman–Crippen MR) is 124 cm³/mol. The predicted octanol–water partition coefficient (Wildman–Crippen LogP) is 6.05. The van der Waals surface area contributed by atoms with Crippen LogP contribution in [0.15, 0.2) is 84.9 Å². The van der Waals surface area contributed by atoms with E-state index in [4.69, 9.17) is 4.74 Å². The van der Waals surface area contributed by atoms with Gasteiger partial charge in [0, 0.05) is 29.8 Å². The quantitative estimate of drug-likeness (QED) is 0.503. The molecule has 0 saturated heterocycles. The Morgan fingerprint density at radius 3 is 2.68 bits per heavy atom. The molecule has 0 saturated carbocycles. The minimum atomic E-state index is -0.0513. The lowest BCUT2D eigenvalue weighted by molar-refractivity contribution is -0.114. The van der Waals surface area contributed by atoms with Crippen LogP contribution in [0.4, 0.5) is 11.4 Å². The topological polar surface area (TPSA) is 50.4 Å². The Morgan fingerprint density at radius 2 is 1.84 bits per heavy atom. The zero-order valence-electron chi connectivity index (χ0n) is 17.5. The molecule has 156 valence electrons. The van der Waals surface area contributed by atoms with Crippen molar-refractivity contribution in [2.75, 3.05) is 10.6 Å². The fraction of sp³-hybridized carbons (Fsp3) is 0.222. The second-order valence-electron chi connectivity index (χ2n) is 8.27. The van der Waals surface area contributed by atoms with Crippen molar-refractivity contribution in [1.29, 1.82) is 0 Å². The molecule has 4 nitrogen and oxygen atoms in total. The fourth-order valence-electron chi connectivity index (χ4n) is 4.79. The maximum Gasteiger partial charge on any atom is 0.221 e. The van der Waals surface area contributed by atoms with Crippen LogP contribution in [0.3, 0.4) is 0 Å². The molecule has 3 aromatic carbocycles. The third kappa shape index (κ3) is 3.93. The lowest BCUT2D eigenvalue weighted by atomic mass is 9.76. The van der Waals surface area contributed by atoms with Crippen molar-refractivity contribution in [3.63, 3.8) is 0 Å². The summed E-state index contributed by atoms with van der Waals surface area (Å²) in [6.45, 7) is 2.09. The highest BCUT2D eigenvalue weighted by atomic mass is 16.5. The molecular weight excluding hydrogens is 384 g/mol. The third-order valence-electron chi connectivity index (χ3n) is 6.17. The molecule has 2 N–H and O–H groups in total. The zero-order chi connectivity index (χ0) is 21.2. The van der Waals surface area contributed by atoms with Crippen LogP contribution >= 0.6 is 0 Å². The molecule has 1 amide bonds. The molecule has 0 aromatic heterocycles. The maximum atomic E-state index is 11.5. The molecule has 3 aromatic rings. The van der Waals surface area contributed by atoms with Gasteiger partial charge in [-0.15, -0.1) is 0 Å². The first-order valence-corrected chi connectivity index (χ1v) is 10.8. The smallest absolute Gasteiger partial charge is 0.221 e. The summed E-state index contributed by atoms with van der Waals surface area (Å²) in [5.74, 6) is 1.59. The number of fused-ring (bicyclic) bond motifs is 3. The number of amides is 1. The lowest BCUT2D eigenvalue weighted by Crippen LogP contribution is -2.29. The molecule has 0 spiro atoms. The molecular formula is C27H26N2O2. The van der Waals surface area contributed by atoms with Crippen LogP contribution in [0.2, 0.25) is 0 Å². The number of anilines is 2. The van der Waals surface area contributed by atoms with Gasteiger partial charge in [0.1, 0.15) is 12.4 Å². The molecule has 31 heavy (non-hydrogen) atoms. The van der Waals surface area contributed by atoms with Crippen molar-refractivity contribution in [2.24, 2.45) is 5.92 Å². The van der Waals surface area contributed by atoms with Gasteiger partial charge in [0.25, 0.3) is 0 Å². The number of para-hydroxylation sites is 1. The second-order valence-corrected chi connectivity index (χ2v) is 8.27. The van der Waals surface area contributed by atoms with Crippen molar-refractivity contribution < 1.29 is 9.53 Å². The van der Waals surface area contributed by atoms with Crippen LogP contribution in [0.25, 0.3) is 0 Å². The van der Waals surface area contributed by atoms with E-state index in [0.717, 1.165) is 29.1 Å². The van der Waals surface area contributed by atoms with Gasteiger partial charge in [0.15, 0.2) is 0 Å². The van der Waals surface area contributed by atoms with Crippen LogP contribution in [0, 0.1) is 5.92 Å². The molecule has 1 heterocycles. The zero-order valence-corrected chi connectivity index (χ0v) is 17.5. The van der Waals surface area contributed by atoms with Crippen LogP contribution in [-0.4, -0.2) is 5.91 Å². The van der Waals surface area contributed by atoms with Crippen molar-refractivity contribution in [2.45, 2.75) is 31.9 Å². The summed E-state index contributed by atoms with van der Waals surface area (Å²) < 4.78 is 6.27. The van der Waals surface area contributed by atoms with E-state index in [0.29, 0.717) is 18.4 Å². The number of benzene rings is 3. The number of rotatable bonds is 5. The molecule has 0 radical (unpaired) electrons. The normalized spacial score (nSPS) is 21.0. The Kier molecular flexibility index (Phi) is 5.21. The number of carbonyl (C=O) groups is 1. The number of hydrogen-bond acceptors (Lipinski definition) is 3. The average Bonchev–Trinajstić information content (AvgIpc) is 3.28. The summed E-state index contributed by atoms with van der Waals surface area (Å²) in [7, 11) is 0. The van der Waals surface area contributed by atoms with E-state index in [2.05, 4.69) is 65.3 Å². The molecule has 4 heteroatoms. The molecule has 2 aliphatic rings. The van der Waals surface area contributed by atoms with Crippen LogP contribution in [0.5, 0.6) is 5.75 Å². The highest BCUT2D eigenvalue weighted by molar-refractivity contribution is 5.89. The van der Waals surface area contributed by atoms with Gasteiger partial charge in [-0.1, -0.05) is 60.7 Å². The molecule has 1 aliphatic carbocycles. The standard InChI is InChI=1S/C27H26N2O2/c1-18(30)28-20-14-15-25-24(16-20)21-11-7-12-22(21)27(29-25)23-10-5-6-13-26(23)31-17-19-8-3-2-4-9-19/h2-11,13-16,21-22,27,29H,12,17H2,1H3,(H,28,30). The van der Waals surface area contributed by atoms with Gasteiger partial charge >= 0.3 is 0 Å². The second kappa shape index (κ2) is 8.31. The number of ether oxygens (including phenoxy) is 1. The number of allylic oxidation sites excluding steroid dienone is 2. The first-order valence-electron chi connectivity index (χ1n) is 10.8. The van der Waals surface area contributed by atoms with E-state index in [1.807, 2.05) is 30.3 Å². The van der Waals surface area contributed by atoms with E-state index in [1.165, 1.54) is 11.1 Å². The third-order valence-corrected chi connectivity index (χ3v) is 6.17. The van der Waals surface area contributed by atoms with Crippen molar-refractivity contribution in [1.82, 2.24) is 0 Å². The monoisotopic (exact) mass is 410 g/mol. The van der Waals surface area contributed by atoms with Crippen LogP contribution in [0.1, 0.15) is 42.0 Å². The van der Waals surface area contributed by atoms with E-state index in [-0.39, 0.29) is 11.9 Å². The lowest BCUT2D eigenvalue weighted by Gasteiger charge is -2.38. The van der Waals surface area contributed by atoms with Gasteiger partial charge in [-0.05, 0) is 47.7 Å². The summed E-state index contributed by atoms with van der Waals surface area (Å²) in [5, 5.41) is 6.68. The van der Waals surface area contributed by atoms with Gasteiger partial charge in [-0.25, -0.2) is 0 Å². The van der Waals surface area contributed by atoms with Crippen molar-refractivity contribution in [3.8, 4) is 5.75 Å². The van der Waals surface area contributed by atoms with E-state index < -0.39 is 0 Å². The Labute approximate surface area is 183 Å². The minimum Gasteiger partial charge on any atom is -0.489 e. The van der Waals surface area contributed by atoms with E-state index in [1.54, 1.807) is 6.92 Å². The van der Waals surface area contributed by atoms with Gasteiger partial charge in [0.2, 0.25) is 5.91 Å². The molecule has 5 rings (SSSR count). The summed E-state index contributed by atoms with van der Waals surface area (Å²) >= 11 is 0. The van der Waals surface area contributed by atoms with Crippen LogP contribution < -0.4 is 15.4 Å². The number of hydrogen-bond donors (Lipinski definition) is 2. The van der Waals surface area contributed by atoms with Crippen LogP contribution in [-0.2, 0) is 11.4 Å². The van der Waals surface area contributed by atoms with Crippen molar-refractivity contribution in [3.05, 3.63) is 102 Å². The summed E-state index contributed by atoms with van der Waals surface area (Å²) in [5.41, 5.74) is 5.55. The first-order chi connectivity index (χ1) is 15.2. The highest BCUT2D eigenvalue weighted by Gasteiger charge is 2.39. The highest BCUT2D eigenvalue weighted by Crippen LogP contribution is 2.51. The number of carbonyl (C=O) groups excluding carboxylic acids is 1. The van der Waals surface area contributed by atoms with E-state index >= 15 is 0 Å². The Hall–Kier alpha value is -3.53. The number of nitrogens with one attached hydrogen (secondary N) is 2.